The predicted molar refractivity (Wildman–Crippen MR) is 94.1 cm³/mol. The fraction of sp³-hybridized carbons (Fsp3) is 0.611. The molecule has 2 aliphatic rings. The van der Waals surface area contributed by atoms with Gasteiger partial charge in [-0.3, -0.25) is 9.52 Å². The Kier molecular flexibility index (Phi) is 4.14. The number of ether oxygens (including phenoxy) is 1. The van der Waals surface area contributed by atoms with E-state index in [0.717, 1.165) is 17.5 Å². The van der Waals surface area contributed by atoms with Crippen LogP contribution in [0.1, 0.15) is 57.1 Å². The first-order valence-corrected chi connectivity index (χ1v) is 10.1. The molecule has 24 heavy (non-hydrogen) atoms. The van der Waals surface area contributed by atoms with Crippen LogP contribution in [0.3, 0.4) is 0 Å². The molecule has 1 aliphatic carbocycles. The fourth-order valence-electron chi connectivity index (χ4n) is 3.81. The SMILES string of the molecule is CCCS(=O)(=O)Nc1cc2c(cc1C)O[C@H]1CC(C)(C)CC(=O)[C@@H]21. The standard InChI is InChI=1S/C18H25NO4S/c1-5-6-24(21,22)19-13-8-12-15(7-11(13)2)23-16-10-18(3,4)9-14(20)17(12)16/h7-8,16-17,19H,5-6,9-10H2,1-4H3/t16-,17+/m0/s1. The van der Waals surface area contributed by atoms with Gasteiger partial charge in [-0.25, -0.2) is 8.42 Å². The first kappa shape index (κ1) is 17.3. The van der Waals surface area contributed by atoms with E-state index >= 15 is 0 Å². The number of benzene rings is 1. The zero-order valence-corrected chi connectivity index (χ0v) is 15.5. The molecule has 0 amide bonds. The number of sulfonamides is 1. The highest BCUT2D eigenvalue weighted by Crippen LogP contribution is 2.50. The number of hydrogen-bond donors (Lipinski definition) is 1. The Labute approximate surface area is 143 Å². The highest BCUT2D eigenvalue weighted by Gasteiger charge is 2.47. The molecule has 0 radical (unpaired) electrons. The van der Waals surface area contributed by atoms with E-state index in [0.29, 0.717) is 24.3 Å². The van der Waals surface area contributed by atoms with E-state index in [1.165, 1.54) is 0 Å². The third-order valence-corrected chi connectivity index (χ3v) is 6.31. The first-order chi connectivity index (χ1) is 11.1. The second-order valence-corrected chi connectivity index (χ2v) is 9.61. The van der Waals surface area contributed by atoms with Crippen molar-refractivity contribution in [1.82, 2.24) is 0 Å². The zero-order valence-electron chi connectivity index (χ0n) is 14.7. The van der Waals surface area contributed by atoms with Crippen LogP contribution in [0, 0.1) is 12.3 Å². The van der Waals surface area contributed by atoms with Crippen molar-refractivity contribution in [2.45, 2.75) is 59.0 Å². The summed E-state index contributed by atoms with van der Waals surface area (Å²) in [6, 6.07) is 3.64. The summed E-state index contributed by atoms with van der Waals surface area (Å²) in [6.45, 7) is 7.85. The molecule has 1 heterocycles. The van der Waals surface area contributed by atoms with Crippen molar-refractivity contribution in [3.05, 3.63) is 23.3 Å². The monoisotopic (exact) mass is 351 g/mol. The summed E-state index contributed by atoms with van der Waals surface area (Å²) in [6.07, 6.45) is 1.77. The number of aryl methyl sites for hydroxylation is 1. The van der Waals surface area contributed by atoms with Crippen molar-refractivity contribution >= 4 is 21.5 Å². The minimum Gasteiger partial charge on any atom is -0.489 e. The molecule has 0 saturated heterocycles. The van der Waals surface area contributed by atoms with Gasteiger partial charge in [-0.05, 0) is 42.9 Å². The topological polar surface area (TPSA) is 72.5 Å². The lowest BCUT2D eigenvalue weighted by atomic mass is 9.69. The Hall–Kier alpha value is -1.56. The Morgan fingerprint density at radius 3 is 2.71 bits per heavy atom. The molecule has 2 atom stereocenters. The van der Waals surface area contributed by atoms with Gasteiger partial charge >= 0.3 is 0 Å². The number of anilines is 1. The van der Waals surface area contributed by atoms with Gasteiger partial charge in [0.25, 0.3) is 0 Å². The number of carbonyl (C=O) groups is 1. The second-order valence-electron chi connectivity index (χ2n) is 7.77. The Bertz CT molecular complexity index is 782. The van der Waals surface area contributed by atoms with E-state index in [4.69, 9.17) is 4.74 Å². The van der Waals surface area contributed by atoms with Gasteiger partial charge in [-0.1, -0.05) is 20.8 Å². The van der Waals surface area contributed by atoms with Crippen molar-refractivity contribution < 1.29 is 17.9 Å². The molecule has 3 rings (SSSR count). The van der Waals surface area contributed by atoms with Crippen molar-refractivity contribution in [1.29, 1.82) is 0 Å². The highest BCUT2D eigenvalue weighted by atomic mass is 32.2. The predicted octanol–water partition coefficient (Wildman–Crippen LogP) is 3.38. The molecule has 5 nitrogen and oxygen atoms in total. The normalized spacial score (nSPS) is 24.9. The summed E-state index contributed by atoms with van der Waals surface area (Å²) in [5.41, 5.74) is 2.11. The number of rotatable bonds is 4. The molecule has 0 aromatic heterocycles. The lowest BCUT2D eigenvalue weighted by Crippen LogP contribution is -2.38. The largest absolute Gasteiger partial charge is 0.489 e. The summed E-state index contributed by atoms with van der Waals surface area (Å²) in [4.78, 5) is 12.6. The molecule has 0 spiro atoms. The molecular weight excluding hydrogens is 326 g/mol. The van der Waals surface area contributed by atoms with E-state index in [1.807, 2.05) is 19.9 Å². The summed E-state index contributed by atoms with van der Waals surface area (Å²) in [5.74, 6) is 0.704. The zero-order chi connectivity index (χ0) is 17.7. The first-order valence-electron chi connectivity index (χ1n) is 8.46. The number of fused-ring (bicyclic) bond motifs is 3. The maximum atomic E-state index is 12.6. The average molecular weight is 351 g/mol. The van der Waals surface area contributed by atoms with Gasteiger partial charge in [0.2, 0.25) is 10.0 Å². The minimum atomic E-state index is -3.36. The second kappa shape index (κ2) is 5.76. The third kappa shape index (κ3) is 3.16. The number of Topliss-reactive ketones (excluding diaryl/α,β-unsaturated/α-hetero) is 1. The van der Waals surface area contributed by atoms with Crippen LogP contribution in [0.4, 0.5) is 5.69 Å². The molecule has 0 bridgehead atoms. The molecule has 1 aromatic carbocycles. The number of nitrogens with one attached hydrogen (secondary N) is 1. The summed E-state index contributed by atoms with van der Waals surface area (Å²) in [5, 5.41) is 0. The molecule has 1 saturated carbocycles. The van der Waals surface area contributed by atoms with Gasteiger partial charge < -0.3 is 4.74 Å². The quantitative estimate of drug-likeness (QED) is 0.902. The molecule has 1 aliphatic heterocycles. The smallest absolute Gasteiger partial charge is 0.232 e. The van der Waals surface area contributed by atoms with Gasteiger partial charge in [0.05, 0.1) is 17.4 Å². The third-order valence-electron chi connectivity index (χ3n) is 4.83. The molecule has 1 aromatic rings. The summed E-state index contributed by atoms with van der Waals surface area (Å²) < 4.78 is 32.8. The van der Waals surface area contributed by atoms with Gasteiger partial charge in [0, 0.05) is 12.0 Å². The van der Waals surface area contributed by atoms with Crippen molar-refractivity contribution in [3.63, 3.8) is 0 Å². The lowest BCUT2D eigenvalue weighted by Gasteiger charge is -2.35. The van der Waals surface area contributed by atoms with Crippen LogP contribution in [0.25, 0.3) is 0 Å². The molecule has 0 unspecified atom stereocenters. The number of ketones is 1. The summed E-state index contributed by atoms with van der Waals surface area (Å²) in [7, 11) is -3.36. The maximum Gasteiger partial charge on any atom is 0.232 e. The average Bonchev–Trinajstić information content (AvgIpc) is 2.74. The van der Waals surface area contributed by atoms with Crippen LogP contribution in [0.2, 0.25) is 0 Å². The molecule has 1 fully saturated rings. The minimum absolute atomic E-state index is 0.0547. The van der Waals surface area contributed by atoms with E-state index in [9.17, 15) is 13.2 Å². The van der Waals surface area contributed by atoms with Crippen LogP contribution < -0.4 is 9.46 Å². The van der Waals surface area contributed by atoms with Crippen LogP contribution in [-0.2, 0) is 14.8 Å². The molecule has 132 valence electrons. The van der Waals surface area contributed by atoms with Gasteiger partial charge in [-0.2, -0.15) is 0 Å². The van der Waals surface area contributed by atoms with Crippen molar-refractivity contribution in [2.24, 2.45) is 5.41 Å². The molecule has 1 N–H and O–H groups in total. The van der Waals surface area contributed by atoms with Gasteiger partial charge in [0.1, 0.15) is 17.6 Å². The van der Waals surface area contributed by atoms with Gasteiger partial charge in [0.15, 0.2) is 0 Å². The van der Waals surface area contributed by atoms with E-state index in [-0.39, 0.29) is 29.0 Å². The van der Waals surface area contributed by atoms with Crippen LogP contribution >= 0.6 is 0 Å². The van der Waals surface area contributed by atoms with Gasteiger partial charge in [-0.15, -0.1) is 0 Å². The highest BCUT2D eigenvalue weighted by molar-refractivity contribution is 7.92. The van der Waals surface area contributed by atoms with E-state index in [1.54, 1.807) is 6.07 Å². The Morgan fingerprint density at radius 2 is 2.04 bits per heavy atom. The van der Waals surface area contributed by atoms with Crippen LogP contribution in [-0.4, -0.2) is 26.1 Å². The Balaban J connectivity index is 1.95. The lowest BCUT2D eigenvalue weighted by molar-refractivity contribution is -0.127. The summed E-state index contributed by atoms with van der Waals surface area (Å²) >= 11 is 0. The van der Waals surface area contributed by atoms with E-state index < -0.39 is 10.0 Å². The van der Waals surface area contributed by atoms with Crippen molar-refractivity contribution in [2.75, 3.05) is 10.5 Å². The van der Waals surface area contributed by atoms with Crippen LogP contribution in [0.15, 0.2) is 12.1 Å². The fourth-order valence-corrected chi connectivity index (χ4v) is 5.01. The Morgan fingerprint density at radius 1 is 1.33 bits per heavy atom. The number of hydrogen-bond acceptors (Lipinski definition) is 4. The number of carbonyl (C=O) groups excluding carboxylic acids is 1. The molecular formula is C18H25NO4S. The van der Waals surface area contributed by atoms with Crippen LogP contribution in [0.5, 0.6) is 5.75 Å². The maximum absolute atomic E-state index is 12.6. The van der Waals surface area contributed by atoms with E-state index in [2.05, 4.69) is 18.6 Å². The van der Waals surface area contributed by atoms with Crippen molar-refractivity contribution in [3.8, 4) is 5.75 Å². The molecule has 6 heteroatoms.